The van der Waals surface area contributed by atoms with Crippen LogP contribution in [0.15, 0.2) is 30.5 Å². The molecule has 0 radical (unpaired) electrons. The molecule has 0 spiro atoms. The van der Waals surface area contributed by atoms with Gasteiger partial charge >= 0.3 is 0 Å². The Morgan fingerprint density at radius 1 is 1.25 bits per heavy atom. The van der Waals surface area contributed by atoms with E-state index in [9.17, 15) is 0 Å². The van der Waals surface area contributed by atoms with Gasteiger partial charge in [0, 0.05) is 17.5 Å². The van der Waals surface area contributed by atoms with Gasteiger partial charge in [-0.15, -0.1) is 0 Å². The maximum absolute atomic E-state index is 9.07. The standard InChI is InChI=1S/C13H14N2O/c1-9-7-14-13(15-10(9)2)12-5-3-4-11(6-12)8-16/h3-7,16H,8H2,1-2H3. The van der Waals surface area contributed by atoms with Crippen LogP contribution in [0, 0.1) is 13.8 Å². The summed E-state index contributed by atoms with van der Waals surface area (Å²) in [5.74, 6) is 0.707. The third kappa shape index (κ3) is 2.09. The molecule has 0 aliphatic rings. The van der Waals surface area contributed by atoms with Crippen molar-refractivity contribution in [2.24, 2.45) is 0 Å². The minimum absolute atomic E-state index is 0.0404. The summed E-state index contributed by atoms with van der Waals surface area (Å²) in [6, 6.07) is 7.64. The molecule has 1 aromatic carbocycles. The summed E-state index contributed by atoms with van der Waals surface area (Å²) in [6.45, 7) is 4.00. The molecule has 0 saturated heterocycles. The molecule has 0 unspecified atom stereocenters. The maximum atomic E-state index is 9.07. The molecule has 2 rings (SSSR count). The Balaban J connectivity index is 2.46. The summed E-state index contributed by atoms with van der Waals surface area (Å²) >= 11 is 0. The Morgan fingerprint density at radius 3 is 2.75 bits per heavy atom. The van der Waals surface area contributed by atoms with Crippen molar-refractivity contribution >= 4 is 0 Å². The van der Waals surface area contributed by atoms with Crippen molar-refractivity contribution < 1.29 is 5.11 Å². The maximum Gasteiger partial charge on any atom is 0.159 e. The Morgan fingerprint density at radius 2 is 2.06 bits per heavy atom. The molecule has 2 aromatic rings. The monoisotopic (exact) mass is 214 g/mol. The number of aryl methyl sites for hydroxylation is 2. The second-order valence-corrected chi connectivity index (χ2v) is 3.82. The van der Waals surface area contributed by atoms with E-state index in [4.69, 9.17) is 5.11 Å². The Hall–Kier alpha value is -1.74. The van der Waals surface area contributed by atoms with Crippen LogP contribution in [0.3, 0.4) is 0 Å². The first-order valence-electron chi connectivity index (χ1n) is 5.21. The van der Waals surface area contributed by atoms with Crippen LogP contribution >= 0.6 is 0 Å². The second kappa shape index (κ2) is 4.41. The SMILES string of the molecule is Cc1cnc(-c2cccc(CO)c2)nc1C. The normalized spacial score (nSPS) is 10.4. The van der Waals surface area contributed by atoms with Gasteiger partial charge in [-0.1, -0.05) is 18.2 Å². The van der Waals surface area contributed by atoms with Gasteiger partial charge in [0.05, 0.1) is 6.61 Å². The van der Waals surface area contributed by atoms with Crippen molar-refractivity contribution in [1.29, 1.82) is 0 Å². The number of rotatable bonds is 2. The van der Waals surface area contributed by atoms with Gasteiger partial charge in [0.2, 0.25) is 0 Å². The van der Waals surface area contributed by atoms with Crippen LogP contribution in [0.5, 0.6) is 0 Å². The summed E-state index contributed by atoms with van der Waals surface area (Å²) in [5, 5.41) is 9.07. The molecule has 0 aliphatic carbocycles. The Kier molecular flexibility index (Phi) is 2.97. The number of aliphatic hydroxyl groups is 1. The molecule has 1 N–H and O–H groups in total. The van der Waals surface area contributed by atoms with Crippen LogP contribution in [-0.4, -0.2) is 15.1 Å². The number of benzene rings is 1. The third-order valence-electron chi connectivity index (χ3n) is 2.59. The lowest BCUT2D eigenvalue weighted by atomic mass is 10.1. The summed E-state index contributed by atoms with van der Waals surface area (Å²) in [6.07, 6.45) is 1.82. The highest BCUT2D eigenvalue weighted by atomic mass is 16.3. The van der Waals surface area contributed by atoms with Gasteiger partial charge in [-0.2, -0.15) is 0 Å². The fourth-order valence-corrected chi connectivity index (χ4v) is 1.48. The van der Waals surface area contributed by atoms with Gasteiger partial charge < -0.3 is 5.11 Å². The molecule has 0 amide bonds. The molecule has 3 nitrogen and oxygen atoms in total. The molecule has 0 atom stereocenters. The van der Waals surface area contributed by atoms with E-state index in [0.717, 1.165) is 22.4 Å². The van der Waals surface area contributed by atoms with E-state index < -0.39 is 0 Å². The zero-order valence-corrected chi connectivity index (χ0v) is 9.44. The molecule has 82 valence electrons. The summed E-state index contributed by atoms with van der Waals surface area (Å²) in [4.78, 5) is 8.72. The van der Waals surface area contributed by atoms with Gasteiger partial charge in [0.1, 0.15) is 0 Å². The average Bonchev–Trinajstić information content (AvgIpc) is 2.33. The van der Waals surface area contributed by atoms with Crippen LogP contribution in [0.1, 0.15) is 16.8 Å². The molecule has 3 heteroatoms. The topological polar surface area (TPSA) is 46.0 Å². The quantitative estimate of drug-likeness (QED) is 0.834. The van der Waals surface area contributed by atoms with E-state index in [2.05, 4.69) is 9.97 Å². The summed E-state index contributed by atoms with van der Waals surface area (Å²) in [5.41, 5.74) is 3.88. The fraction of sp³-hybridized carbons (Fsp3) is 0.231. The molecule has 1 aromatic heterocycles. The number of aliphatic hydroxyl groups excluding tert-OH is 1. The van der Waals surface area contributed by atoms with Gasteiger partial charge in [-0.3, -0.25) is 0 Å². The lowest BCUT2D eigenvalue weighted by Crippen LogP contribution is -1.95. The molecule has 1 heterocycles. The van der Waals surface area contributed by atoms with Crippen LogP contribution in [0.2, 0.25) is 0 Å². The zero-order valence-electron chi connectivity index (χ0n) is 9.44. The van der Waals surface area contributed by atoms with Crippen LogP contribution in [0.4, 0.5) is 0 Å². The molecule has 0 fully saturated rings. The van der Waals surface area contributed by atoms with Crippen molar-refractivity contribution in [2.45, 2.75) is 20.5 Å². The van der Waals surface area contributed by atoms with Crippen molar-refractivity contribution in [1.82, 2.24) is 9.97 Å². The van der Waals surface area contributed by atoms with Crippen molar-refractivity contribution in [3.05, 3.63) is 47.3 Å². The lowest BCUT2D eigenvalue weighted by Gasteiger charge is -2.04. The van der Waals surface area contributed by atoms with Gasteiger partial charge in [-0.05, 0) is 31.0 Å². The Labute approximate surface area is 94.8 Å². The highest BCUT2D eigenvalue weighted by Gasteiger charge is 2.03. The molecule has 0 saturated carbocycles. The number of hydrogen-bond donors (Lipinski definition) is 1. The van der Waals surface area contributed by atoms with Gasteiger partial charge in [-0.25, -0.2) is 9.97 Å². The van der Waals surface area contributed by atoms with Crippen LogP contribution in [-0.2, 0) is 6.61 Å². The predicted octanol–water partition coefficient (Wildman–Crippen LogP) is 2.25. The molecule has 16 heavy (non-hydrogen) atoms. The van der Waals surface area contributed by atoms with E-state index in [-0.39, 0.29) is 6.61 Å². The van der Waals surface area contributed by atoms with Crippen molar-refractivity contribution in [2.75, 3.05) is 0 Å². The average molecular weight is 214 g/mol. The van der Waals surface area contributed by atoms with Gasteiger partial charge in [0.25, 0.3) is 0 Å². The van der Waals surface area contributed by atoms with Crippen LogP contribution in [0.25, 0.3) is 11.4 Å². The van der Waals surface area contributed by atoms with Crippen molar-refractivity contribution in [3.63, 3.8) is 0 Å². The number of hydrogen-bond acceptors (Lipinski definition) is 3. The molecular weight excluding hydrogens is 200 g/mol. The predicted molar refractivity (Wildman–Crippen MR) is 62.9 cm³/mol. The minimum Gasteiger partial charge on any atom is -0.392 e. The lowest BCUT2D eigenvalue weighted by molar-refractivity contribution is 0.282. The smallest absolute Gasteiger partial charge is 0.159 e. The first-order valence-corrected chi connectivity index (χ1v) is 5.21. The fourth-order valence-electron chi connectivity index (χ4n) is 1.48. The molecule has 0 bridgehead atoms. The summed E-state index contributed by atoms with van der Waals surface area (Å²) in [7, 11) is 0. The number of nitrogens with zero attached hydrogens (tertiary/aromatic N) is 2. The molecule has 0 aliphatic heterocycles. The van der Waals surface area contributed by atoms with E-state index in [1.165, 1.54) is 0 Å². The molecular formula is C13H14N2O. The van der Waals surface area contributed by atoms with E-state index in [1.807, 2.05) is 44.3 Å². The van der Waals surface area contributed by atoms with E-state index >= 15 is 0 Å². The zero-order chi connectivity index (χ0) is 11.5. The number of aromatic nitrogens is 2. The second-order valence-electron chi connectivity index (χ2n) is 3.82. The minimum atomic E-state index is 0.0404. The van der Waals surface area contributed by atoms with Gasteiger partial charge in [0.15, 0.2) is 5.82 Å². The largest absolute Gasteiger partial charge is 0.392 e. The first-order chi connectivity index (χ1) is 7.70. The van der Waals surface area contributed by atoms with E-state index in [0.29, 0.717) is 5.82 Å². The highest BCUT2D eigenvalue weighted by molar-refractivity contribution is 5.56. The Bertz CT molecular complexity index is 509. The van der Waals surface area contributed by atoms with Crippen LogP contribution < -0.4 is 0 Å². The van der Waals surface area contributed by atoms with E-state index in [1.54, 1.807) is 0 Å². The third-order valence-corrected chi connectivity index (χ3v) is 2.59. The summed E-state index contributed by atoms with van der Waals surface area (Å²) < 4.78 is 0. The van der Waals surface area contributed by atoms with Crippen molar-refractivity contribution in [3.8, 4) is 11.4 Å². The first kappa shape index (κ1) is 10.8. The highest BCUT2D eigenvalue weighted by Crippen LogP contribution is 2.17.